The number of carbonyl (C=O) groups excluding carboxylic acids is 1. The van der Waals surface area contributed by atoms with Crippen LogP contribution >= 0.6 is 0 Å². The number of esters is 1. The van der Waals surface area contributed by atoms with Gasteiger partial charge >= 0.3 is 5.97 Å². The van der Waals surface area contributed by atoms with Gasteiger partial charge < -0.3 is 24.4 Å². The van der Waals surface area contributed by atoms with Gasteiger partial charge in [-0.25, -0.2) is 4.79 Å². The minimum atomic E-state index is -1.27. The lowest BCUT2D eigenvalue weighted by Gasteiger charge is -2.30. The van der Waals surface area contributed by atoms with Crippen molar-refractivity contribution < 1.29 is 29.2 Å². The SMILES string of the molecule is C=C=C(C)[C@@H](OC(=O)c1ccc(OC)cc1)[C@H](OCc1ccccc1)[C@H](O)CO. The van der Waals surface area contributed by atoms with Gasteiger partial charge in [-0.15, -0.1) is 5.73 Å². The molecular weight excluding hydrogens is 372 g/mol. The molecule has 154 valence electrons. The molecule has 2 aromatic carbocycles. The number of ether oxygens (including phenoxy) is 3. The fourth-order valence-electron chi connectivity index (χ4n) is 2.68. The molecule has 0 spiro atoms. The van der Waals surface area contributed by atoms with Gasteiger partial charge in [0.2, 0.25) is 0 Å². The van der Waals surface area contributed by atoms with Crippen LogP contribution in [0.5, 0.6) is 5.75 Å². The summed E-state index contributed by atoms with van der Waals surface area (Å²) in [5, 5.41) is 19.8. The molecule has 2 rings (SSSR count). The first-order valence-corrected chi connectivity index (χ1v) is 9.16. The molecule has 6 heteroatoms. The molecule has 0 fully saturated rings. The number of methoxy groups -OCH3 is 1. The molecule has 0 heterocycles. The zero-order valence-electron chi connectivity index (χ0n) is 16.6. The topological polar surface area (TPSA) is 85.2 Å². The molecule has 0 unspecified atom stereocenters. The Labute approximate surface area is 170 Å². The molecule has 0 aliphatic carbocycles. The summed E-state index contributed by atoms with van der Waals surface area (Å²) in [5.41, 5.74) is 4.36. The van der Waals surface area contributed by atoms with Crippen LogP contribution in [0, 0.1) is 0 Å². The number of hydrogen-bond acceptors (Lipinski definition) is 6. The molecule has 29 heavy (non-hydrogen) atoms. The van der Waals surface area contributed by atoms with E-state index in [0.29, 0.717) is 16.9 Å². The Bertz CT molecular complexity index is 824. The van der Waals surface area contributed by atoms with E-state index in [4.69, 9.17) is 14.2 Å². The maximum absolute atomic E-state index is 12.6. The second-order valence-electron chi connectivity index (χ2n) is 6.43. The third kappa shape index (κ3) is 6.31. The van der Waals surface area contributed by atoms with Crippen LogP contribution in [0.2, 0.25) is 0 Å². The van der Waals surface area contributed by atoms with E-state index in [9.17, 15) is 15.0 Å². The summed E-state index contributed by atoms with van der Waals surface area (Å²) in [5.74, 6) is 0.00532. The summed E-state index contributed by atoms with van der Waals surface area (Å²) in [6.07, 6.45) is -3.25. The lowest BCUT2D eigenvalue weighted by Crippen LogP contribution is -2.44. The predicted octanol–water partition coefficient (Wildman–Crippen LogP) is 2.89. The smallest absolute Gasteiger partial charge is 0.338 e. The Kier molecular flexibility index (Phi) is 8.65. The van der Waals surface area contributed by atoms with Gasteiger partial charge in [0.05, 0.1) is 25.9 Å². The van der Waals surface area contributed by atoms with Crippen LogP contribution in [0.25, 0.3) is 0 Å². The van der Waals surface area contributed by atoms with Crippen molar-refractivity contribution in [3.8, 4) is 5.75 Å². The highest BCUT2D eigenvalue weighted by atomic mass is 16.6. The third-order valence-electron chi connectivity index (χ3n) is 4.42. The van der Waals surface area contributed by atoms with Gasteiger partial charge in [0.1, 0.15) is 18.0 Å². The quantitative estimate of drug-likeness (QED) is 0.473. The van der Waals surface area contributed by atoms with E-state index in [1.165, 1.54) is 7.11 Å². The number of hydrogen-bond donors (Lipinski definition) is 2. The molecule has 0 amide bonds. The van der Waals surface area contributed by atoms with Crippen LogP contribution in [0.4, 0.5) is 0 Å². The number of benzene rings is 2. The molecule has 0 radical (unpaired) electrons. The van der Waals surface area contributed by atoms with Gasteiger partial charge in [0.15, 0.2) is 6.10 Å². The maximum Gasteiger partial charge on any atom is 0.338 e. The lowest BCUT2D eigenvalue weighted by molar-refractivity contribution is -0.112. The number of rotatable bonds is 10. The van der Waals surface area contributed by atoms with Crippen LogP contribution in [0.3, 0.4) is 0 Å². The zero-order chi connectivity index (χ0) is 21.2. The van der Waals surface area contributed by atoms with Crippen LogP contribution in [0.1, 0.15) is 22.8 Å². The fraction of sp³-hybridized carbons (Fsp3) is 0.304. The Balaban J connectivity index is 2.22. The van der Waals surface area contributed by atoms with Gasteiger partial charge in [-0.2, -0.15) is 0 Å². The van der Waals surface area contributed by atoms with Crippen molar-refractivity contribution in [3.63, 3.8) is 0 Å². The van der Waals surface area contributed by atoms with Gasteiger partial charge in [-0.3, -0.25) is 0 Å². The summed E-state index contributed by atoms with van der Waals surface area (Å²) in [7, 11) is 1.53. The van der Waals surface area contributed by atoms with E-state index in [1.54, 1.807) is 31.2 Å². The van der Waals surface area contributed by atoms with Gasteiger partial charge in [0, 0.05) is 5.57 Å². The van der Waals surface area contributed by atoms with Crippen molar-refractivity contribution >= 4 is 5.97 Å². The average Bonchev–Trinajstić information content (AvgIpc) is 2.78. The highest BCUT2D eigenvalue weighted by Crippen LogP contribution is 2.21. The van der Waals surface area contributed by atoms with Crippen molar-refractivity contribution in [2.75, 3.05) is 13.7 Å². The third-order valence-corrected chi connectivity index (χ3v) is 4.42. The minimum Gasteiger partial charge on any atom is -0.497 e. The molecule has 3 atom stereocenters. The summed E-state index contributed by atoms with van der Waals surface area (Å²) in [6, 6.07) is 15.8. The van der Waals surface area contributed by atoms with Gasteiger partial charge in [-0.1, -0.05) is 36.9 Å². The van der Waals surface area contributed by atoms with Crippen LogP contribution < -0.4 is 4.74 Å². The van der Waals surface area contributed by atoms with Crippen LogP contribution in [0.15, 0.2) is 72.5 Å². The largest absolute Gasteiger partial charge is 0.497 e. The van der Waals surface area contributed by atoms with E-state index < -0.39 is 30.9 Å². The molecule has 0 saturated carbocycles. The van der Waals surface area contributed by atoms with Crippen molar-refractivity contribution in [1.82, 2.24) is 0 Å². The molecule has 0 aliphatic rings. The zero-order valence-corrected chi connectivity index (χ0v) is 16.6. The Hall–Kier alpha value is -2.89. The summed E-state index contributed by atoms with van der Waals surface area (Å²) in [6.45, 7) is 4.88. The highest BCUT2D eigenvalue weighted by Gasteiger charge is 2.34. The highest BCUT2D eigenvalue weighted by molar-refractivity contribution is 5.89. The summed E-state index contributed by atoms with van der Waals surface area (Å²) >= 11 is 0. The Morgan fingerprint density at radius 1 is 1.14 bits per heavy atom. The number of aliphatic hydroxyl groups excluding tert-OH is 2. The molecule has 0 bridgehead atoms. The van der Waals surface area contributed by atoms with E-state index in [0.717, 1.165) is 5.56 Å². The van der Waals surface area contributed by atoms with E-state index in [-0.39, 0.29) is 6.61 Å². The molecule has 0 aliphatic heterocycles. The molecule has 0 saturated heterocycles. The molecule has 2 N–H and O–H groups in total. The first-order chi connectivity index (χ1) is 14.0. The second kappa shape index (κ2) is 11.2. The van der Waals surface area contributed by atoms with E-state index >= 15 is 0 Å². The van der Waals surface area contributed by atoms with Crippen molar-refractivity contribution in [1.29, 1.82) is 0 Å². The predicted molar refractivity (Wildman–Crippen MR) is 109 cm³/mol. The number of aliphatic hydroxyl groups is 2. The molecule has 0 aromatic heterocycles. The first kappa shape index (κ1) is 22.4. The standard InChI is InChI=1S/C23H26O6/c1-4-16(2)21(29-23(26)18-10-12-19(27-3)13-11-18)22(20(25)14-24)28-15-17-8-6-5-7-9-17/h5-13,20-22,24-25H,1,14-15H2,2-3H3/t20-,21-,22-/m1/s1. The Morgan fingerprint density at radius 3 is 2.34 bits per heavy atom. The summed E-state index contributed by atoms with van der Waals surface area (Å²) in [4.78, 5) is 12.6. The monoisotopic (exact) mass is 398 g/mol. The molecule has 2 aromatic rings. The molecular formula is C23H26O6. The first-order valence-electron chi connectivity index (χ1n) is 9.16. The number of carbonyl (C=O) groups is 1. The van der Waals surface area contributed by atoms with E-state index in [2.05, 4.69) is 12.3 Å². The van der Waals surface area contributed by atoms with Crippen LogP contribution in [-0.4, -0.2) is 48.2 Å². The van der Waals surface area contributed by atoms with Gasteiger partial charge in [-0.05, 0) is 36.8 Å². The lowest BCUT2D eigenvalue weighted by atomic mass is 10.0. The Morgan fingerprint density at radius 2 is 1.79 bits per heavy atom. The second-order valence-corrected chi connectivity index (χ2v) is 6.43. The summed E-state index contributed by atoms with van der Waals surface area (Å²) < 4.78 is 16.6. The minimum absolute atomic E-state index is 0.170. The van der Waals surface area contributed by atoms with E-state index in [1.807, 2.05) is 30.3 Å². The fourth-order valence-corrected chi connectivity index (χ4v) is 2.68. The van der Waals surface area contributed by atoms with Crippen LogP contribution in [-0.2, 0) is 16.1 Å². The van der Waals surface area contributed by atoms with Crippen molar-refractivity contribution in [3.05, 3.63) is 83.6 Å². The normalized spacial score (nSPS) is 13.7. The maximum atomic E-state index is 12.6. The molecule has 6 nitrogen and oxygen atoms in total. The van der Waals surface area contributed by atoms with Crippen molar-refractivity contribution in [2.45, 2.75) is 31.8 Å². The van der Waals surface area contributed by atoms with Gasteiger partial charge in [0.25, 0.3) is 0 Å². The average molecular weight is 398 g/mol. The van der Waals surface area contributed by atoms with Crippen molar-refractivity contribution in [2.24, 2.45) is 0 Å².